The van der Waals surface area contributed by atoms with Gasteiger partial charge in [0.15, 0.2) is 0 Å². The van der Waals surface area contributed by atoms with E-state index in [9.17, 15) is 4.39 Å². The molecule has 0 aromatic heterocycles. The molecule has 2 aromatic carbocycles. The van der Waals surface area contributed by atoms with Crippen LogP contribution >= 0.6 is 0 Å². The maximum absolute atomic E-state index is 13.2. The van der Waals surface area contributed by atoms with Gasteiger partial charge < -0.3 is 5.32 Å². The van der Waals surface area contributed by atoms with Gasteiger partial charge >= 0.3 is 0 Å². The van der Waals surface area contributed by atoms with E-state index >= 15 is 0 Å². The van der Waals surface area contributed by atoms with Crippen LogP contribution < -0.4 is 5.32 Å². The third kappa shape index (κ3) is 2.71. The highest BCUT2D eigenvalue weighted by atomic mass is 19.1. The van der Waals surface area contributed by atoms with Crippen molar-refractivity contribution in [1.82, 2.24) is 5.32 Å². The Morgan fingerprint density at radius 1 is 1.06 bits per heavy atom. The molecule has 0 amide bonds. The van der Waals surface area contributed by atoms with Crippen LogP contribution in [0, 0.1) is 12.7 Å². The summed E-state index contributed by atoms with van der Waals surface area (Å²) in [5, 5.41) is 3.10. The van der Waals surface area contributed by atoms with E-state index in [2.05, 4.69) is 17.4 Å². The standard InChI is InChI=1S/C15H16FN/c1-11-3-8-14(16)9-15(11)13-6-4-12(5-7-13)10-17-2/h3-9,17H,10H2,1-2H3. The largest absolute Gasteiger partial charge is 0.316 e. The summed E-state index contributed by atoms with van der Waals surface area (Å²) in [5.74, 6) is -0.190. The molecule has 2 rings (SSSR count). The summed E-state index contributed by atoms with van der Waals surface area (Å²) in [7, 11) is 1.92. The van der Waals surface area contributed by atoms with Crippen LogP contribution in [0.25, 0.3) is 11.1 Å². The van der Waals surface area contributed by atoms with Gasteiger partial charge in [-0.25, -0.2) is 4.39 Å². The van der Waals surface area contributed by atoms with Crippen molar-refractivity contribution in [2.24, 2.45) is 0 Å². The lowest BCUT2D eigenvalue weighted by molar-refractivity contribution is 0.628. The molecule has 0 atom stereocenters. The van der Waals surface area contributed by atoms with E-state index in [1.807, 2.05) is 32.2 Å². The number of rotatable bonds is 3. The lowest BCUT2D eigenvalue weighted by Crippen LogP contribution is -2.04. The van der Waals surface area contributed by atoms with E-state index in [0.717, 1.165) is 23.2 Å². The zero-order valence-electron chi connectivity index (χ0n) is 10.1. The Bertz CT molecular complexity index is 503. The molecule has 0 aliphatic heterocycles. The molecule has 17 heavy (non-hydrogen) atoms. The summed E-state index contributed by atoms with van der Waals surface area (Å²) in [6.07, 6.45) is 0. The fourth-order valence-corrected chi connectivity index (χ4v) is 1.91. The van der Waals surface area contributed by atoms with Gasteiger partial charge in [0.05, 0.1) is 0 Å². The first-order chi connectivity index (χ1) is 8.20. The Hall–Kier alpha value is -1.67. The highest BCUT2D eigenvalue weighted by Gasteiger charge is 2.03. The van der Waals surface area contributed by atoms with E-state index in [0.29, 0.717) is 0 Å². The molecule has 0 radical (unpaired) electrons. The second kappa shape index (κ2) is 5.11. The number of halogens is 1. The third-order valence-electron chi connectivity index (χ3n) is 2.85. The van der Waals surface area contributed by atoms with Crippen molar-refractivity contribution in [2.45, 2.75) is 13.5 Å². The lowest BCUT2D eigenvalue weighted by atomic mass is 9.99. The van der Waals surface area contributed by atoms with Gasteiger partial charge in [-0.15, -0.1) is 0 Å². The van der Waals surface area contributed by atoms with Gasteiger partial charge in [0.2, 0.25) is 0 Å². The monoisotopic (exact) mass is 229 g/mol. The van der Waals surface area contributed by atoms with Crippen LogP contribution in [0.2, 0.25) is 0 Å². The Labute approximate surface area is 101 Å². The van der Waals surface area contributed by atoms with Crippen LogP contribution in [0.4, 0.5) is 4.39 Å². The quantitative estimate of drug-likeness (QED) is 0.849. The fraction of sp³-hybridized carbons (Fsp3) is 0.200. The van der Waals surface area contributed by atoms with Crippen molar-refractivity contribution in [1.29, 1.82) is 0 Å². The topological polar surface area (TPSA) is 12.0 Å². The Morgan fingerprint density at radius 2 is 1.76 bits per heavy atom. The molecular formula is C15H16FN. The van der Waals surface area contributed by atoms with Crippen molar-refractivity contribution < 1.29 is 4.39 Å². The molecule has 2 aromatic rings. The molecule has 0 spiro atoms. The van der Waals surface area contributed by atoms with E-state index in [1.165, 1.54) is 11.6 Å². The molecule has 88 valence electrons. The number of aryl methyl sites for hydroxylation is 1. The van der Waals surface area contributed by atoms with Gasteiger partial charge in [-0.1, -0.05) is 30.3 Å². The molecule has 0 saturated heterocycles. The zero-order chi connectivity index (χ0) is 12.3. The maximum Gasteiger partial charge on any atom is 0.123 e. The first-order valence-corrected chi connectivity index (χ1v) is 5.71. The zero-order valence-corrected chi connectivity index (χ0v) is 10.1. The van der Waals surface area contributed by atoms with Gasteiger partial charge in [-0.3, -0.25) is 0 Å². The predicted molar refractivity (Wildman–Crippen MR) is 69.3 cm³/mol. The predicted octanol–water partition coefficient (Wildman–Crippen LogP) is 3.52. The molecule has 0 unspecified atom stereocenters. The summed E-state index contributed by atoms with van der Waals surface area (Å²) in [6.45, 7) is 2.85. The van der Waals surface area contributed by atoms with Crippen molar-refractivity contribution in [3.63, 3.8) is 0 Å². The molecule has 1 N–H and O–H groups in total. The van der Waals surface area contributed by atoms with E-state index in [1.54, 1.807) is 6.07 Å². The summed E-state index contributed by atoms with van der Waals surface area (Å²) >= 11 is 0. The first-order valence-electron chi connectivity index (χ1n) is 5.71. The minimum absolute atomic E-state index is 0.190. The lowest BCUT2D eigenvalue weighted by Gasteiger charge is -2.07. The van der Waals surface area contributed by atoms with Gasteiger partial charge in [0.25, 0.3) is 0 Å². The van der Waals surface area contributed by atoms with Crippen LogP contribution in [-0.2, 0) is 6.54 Å². The van der Waals surface area contributed by atoms with Gasteiger partial charge in [0, 0.05) is 6.54 Å². The van der Waals surface area contributed by atoms with E-state index < -0.39 is 0 Å². The highest BCUT2D eigenvalue weighted by molar-refractivity contribution is 5.67. The fourth-order valence-electron chi connectivity index (χ4n) is 1.91. The van der Waals surface area contributed by atoms with Crippen LogP contribution in [0.15, 0.2) is 42.5 Å². The smallest absolute Gasteiger partial charge is 0.123 e. The molecular weight excluding hydrogens is 213 g/mol. The number of benzene rings is 2. The molecule has 0 fully saturated rings. The average Bonchev–Trinajstić information content (AvgIpc) is 2.34. The number of hydrogen-bond donors (Lipinski definition) is 1. The second-order valence-corrected chi connectivity index (χ2v) is 4.19. The maximum atomic E-state index is 13.2. The Balaban J connectivity index is 2.36. The van der Waals surface area contributed by atoms with Gasteiger partial charge in [-0.05, 0) is 48.4 Å². The van der Waals surface area contributed by atoms with E-state index in [4.69, 9.17) is 0 Å². The Kier molecular flexibility index (Phi) is 3.55. The molecule has 0 bridgehead atoms. The first kappa shape index (κ1) is 11.8. The Morgan fingerprint density at radius 3 is 2.41 bits per heavy atom. The van der Waals surface area contributed by atoms with Crippen LogP contribution in [0.1, 0.15) is 11.1 Å². The SMILES string of the molecule is CNCc1ccc(-c2cc(F)ccc2C)cc1. The normalized spacial score (nSPS) is 10.5. The molecule has 1 nitrogen and oxygen atoms in total. The molecule has 0 saturated carbocycles. The summed E-state index contributed by atoms with van der Waals surface area (Å²) < 4.78 is 13.2. The van der Waals surface area contributed by atoms with Crippen molar-refractivity contribution in [2.75, 3.05) is 7.05 Å². The minimum atomic E-state index is -0.190. The highest BCUT2D eigenvalue weighted by Crippen LogP contribution is 2.24. The number of hydrogen-bond acceptors (Lipinski definition) is 1. The van der Waals surface area contributed by atoms with Crippen LogP contribution in [0.3, 0.4) is 0 Å². The second-order valence-electron chi connectivity index (χ2n) is 4.19. The summed E-state index contributed by atoms with van der Waals surface area (Å²) in [4.78, 5) is 0. The molecule has 0 aliphatic carbocycles. The number of nitrogens with one attached hydrogen (secondary N) is 1. The minimum Gasteiger partial charge on any atom is -0.316 e. The van der Waals surface area contributed by atoms with Crippen molar-refractivity contribution in [3.05, 3.63) is 59.4 Å². The summed E-state index contributed by atoms with van der Waals surface area (Å²) in [5.41, 5.74) is 4.33. The van der Waals surface area contributed by atoms with Crippen LogP contribution in [-0.4, -0.2) is 7.05 Å². The molecule has 0 heterocycles. The molecule has 0 aliphatic rings. The molecule has 2 heteroatoms. The summed E-state index contributed by atoms with van der Waals surface area (Å²) in [6, 6.07) is 13.1. The third-order valence-corrected chi connectivity index (χ3v) is 2.85. The van der Waals surface area contributed by atoms with Gasteiger partial charge in [-0.2, -0.15) is 0 Å². The van der Waals surface area contributed by atoms with Gasteiger partial charge in [0.1, 0.15) is 5.82 Å². The van der Waals surface area contributed by atoms with Crippen molar-refractivity contribution in [3.8, 4) is 11.1 Å². The average molecular weight is 229 g/mol. The van der Waals surface area contributed by atoms with E-state index in [-0.39, 0.29) is 5.82 Å². The van der Waals surface area contributed by atoms with Crippen LogP contribution in [0.5, 0.6) is 0 Å². The van der Waals surface area contributed by atoms with Crippen molar-refractivity contribution >= 4 is 0 Å².